The maximum atomic E-state index is 9.89. The molecule has 0 aliphatic heterocycles. The van der Waals surface area contributed by atoms with E-state index in [4.69, 9.17) is 29.9 Å². The van der Waals surface area contributed by atoms with E-state index < -0.39 is 0 Å². The Kier molecular flexibility index (Phi) is 9.18. The van der Waals surface area contributed by atoms with Crippen molar-refractivity contribution in [2.24, 2.45) is 0 Å². The molecule has 2 aromatic heterocycles. The maximum absolute atomic E-state index is 9.89. The summed E-state index contributed by atoms with van der Waals surface area (Å²) >= 11 is 0. The molecule has 0 radical (unpaired) electrons. The van der Waals surface area contributed by atoms with Gasteiger partial charge in [0.05, 0.1) is 11.6 Å². The summed E-state index contributed by atoms with van der Waals surface area (Å²) in [6.07, 6.45) is 0. The summed E-state index contributed by atoms with van der Waals surface area (Å²) in [4.78, 5) is 29.7. The Morgan fingerprint density at radius 1 is 0.268 bits per heavy atom. The summed E-state index contributed by atoms with van der Waals surface area (Å²) in [7, 11) is 0. The van der Waals surface area contributed by atoms with Crippen LogP contribution in [0.1, 0.15) is 5.56 Å². The normalized spacial score (nSPS) is 10.8. The first kappa shape index (κ1) is 33.9. The van der Waals surface area contributed by atoms with Crippen LogP contribution in [0.15, 0.2) is 188 Å². The van der Waals surface area contributed by atoms with Gasteiger partial charge in [0.1, 0.15) is 0 Å². The van der Waals surface area contributed by atoms with Gasteiger partial charge in [0, 0.05) is 33.4 Å². The average molecular weight is 718 g/mol. The van der Waals surface area contributed by atoms with Crippen LogP contribution in [0.25, 0.3) is 90.6 Å². The first-order valence-corrected chi connectivity index (χ1v) is 18.2. The Bertz CT molecular complexity index is 2870. The minimum Gasteiger partial charge on any atom is -0.208 e. The van der Waals surface area contributed by atoms with Crippen molar-refractivity contribution in [1.82, 2.24) is 29.9 Å². The molecule has 0 bridgehead atoms. The standard InChI is InChI=1S/C49H31N7/c50-32-42-21-10-11-28-43(42)49-55-45(35-19-8-3-9-20-35)53-48(56-49)41-27-14-24-38(31-41)37-23-13-26-40(30-37)47-52-44(34-17-6-2-7-18-34)51-46(54-47)39-25-12-22-36(29-39)33-15-4-1-5-16-33/h1-31H. The number of aromatic nitrogens is 6. The van der Waals surface area contributed by atoms with Gasteiger partial charge in [-0.15, -0.1) is 0 Å². The van der Waals surface area contributed by atoms with Crippen LogP contribution in [-0.2, 0) is 0 Å². The van der Waals surface area contributed by atoms with Gasteiger partial charge in [-0.3, -0.25) is 0 Å². The van der Waals surface area contributed by atoms with E-state index in [0.717, 1.165) is 50.1 Å². The monoisotopic (exact) mass is 717 g/mol. The largest absolute Gasteiger partial charge is 0.208 e. The fraction of sp³-hybridized carbons (Fsp3) is 0. The second-order valence-electron chi connectivity index (χ2n) is 13.1. The topological polar surface area (TPSA) is 101 Å². The van der Waals surface area contributed by atoms with E-state index in [0.29, 0.717) is 46.1 Å². The zero-order valence-electron chi connectivity index (χ0n) is 30.0. The van der Waals surface area contributed by atoms with Crippen molar-refractivity contribution in [3.05, 3.63) is 194 Å². The Morgan fingerprint density at radius 2 is 0.571 bits per heavy atom. The molecule has 0 N–H and O–H groups in total. The third-order valence-electron chi connectivity index (χ3n) is 9.43. The fourth-order valence-electron chi connectivity index (χ4n) is 6.61. The van der Waals surface area contributed by atoms with Crippen molar-refractivity contribution in [3.8, 4) is 96.7 Å². The number of benzene rings is 7. The van der Waals surface area contributed by atoms with Crippen LogP contribution in [-0.4, -0.2) is 29.9 Å². The van der Waals surface area contributed by atoms with Crippen LogP contribution < -0.4 is 0 Å². The van der Waals surface area contributed by atoms with Gasteiger partial charge in [0.25, 0.3) is 0 Å². The van der Waals surface area contributed by atoms with E-state index in [1.807, 2.05) is 133 Å². The van der Waals surface area contributed by atoms with E-state index in [1.54, 1.807) is 6.07 Å². The van der Waals surface area contributed by atoms with Crippen molar-refractivity contribution in [1.29, 1.82) is 5.26 Å². The van der Waals surface area contributed by atoms with E-state index in [2.05, 4.69) is 54.6 Å². The molecule has 0 spiro atoms. The number of hydrogen-bond donors (Lipinski definition) is 0. The SMILES string of the molecule is N#Cc1ccccc1-c1nc(-c2ccccc2)nc(-c2cccc(-c3cccc(-c4nc(-c5ccccc5)nc(-c5cccc(-c6ccccc6)c5)n4)c3)c2)n1. The summed E-state index contributed by atoms with van der Waals surface area (Å²) in [6, 6.07) is 64.4. The van der Waals surface area contributed by atoms with Crippen LogP contribution in [0, 0.1) is 11.3 Å². The highest BCUT2D eigenvalue weighted by Crippen LogP contribution is 2.32. The summed E-state index contributed by atoms with van der Waals surface area (Å²) in [6.45, 7) is 0. The minimum atomic E-state index is 0.438. The first-order chi connectivity index (χ1) is 27.7. The Morgan fingerprint density at radius 3 is 1.00 bits per heavy atom. The lowest BCUT2D eigenvalue weighted by Crippen LogP contribution is -2.01. The lowest BCUT2D eigenvalue weighted by Gasteiger charge is -2.11. The lowest BCUT2D eigenvalue weighted by atomic mass is 10.00. The third-order valence-corrected chi connectivity index (χ3v) is 9.43. The summed E-state index contributed by atoms with van der Waals surface area (Å²) in [5.74, 6) is 3.24. The van der Waals surface area contributed by atoms with E-state index in [-0.39, 0.29) is 0 Å². The fourth-order valence-corrected chi connectivity index (χ4v) is 6.61. The molecule has 0 aliphatic rings. The molecule has 0 saturated heterocycles. The second-order valence-corrected chi connectivity index (χ2v) is 13.1. The van der Waals surface area contributed by atoms with Crippen LogP contribution in [0.5, 0.6) is 0 Å². The third kappa shape index (κ3) is 7.06. The minimum absolute atomic E-state index is 0.438. The molecule has 7 aromatic carbocycles. The maximum Gasteiger partial charge on any atom is 0.165 e. The molecule has 9 aromatic rings. The molecule has 0 fully saturated rings. The first-order valence-electron chi connectivity index (χ1n) is 18.2. The molecule has 0 unspecified atom stereocenters. The summed E-state index contributed by atoms with van der Waals surface area (Å²) < 4.78 is 0. The van der Waals surface area contributed by atoms with E-state index >= 15 is 0 Å². The highest BCUT2D eigenvalue weighted by atomic mass is 15.0. The van der Waals surface area contributed by atoms with Crippen LogP contribution >= 0.6 is 0 Å². The van der Waals surface area contributed by atoms with Crippen molar-refractivity contribution >= 4 is 0 Å². The van der Waals surface area contributed by atoms with Gasteiger partial charge >= 0.3 is 0 Å². The second kappa shape index (κ2) is 15.2. The van der Waals surface area contributed by atoms with Crippen molar-refractivity contribution in [3.63, 3.8) is 0 Å². The smallest absolute Gasteiger partial charge is 0.165 e. The van der Waals surface area contributed by atoms with E-state index in [9.17, 15) is 5.26 Å². The summed E-state index contributed by atoms with van der Waals surface area (Å²) in [5, 5.41) is 9.89. The van der Waals surface area contributed by atoms with E-state index in [1.165, 1.54) is 0 Å². The van der Waals surface area contributed by atoms with Crippen LogP contribution in [0.4, 0.5) is 0 Å². The predicted octanol–water partition coefficient (Wildman–Crippen LogP) is 11.3. The molecule has 0 amide bonds. The van der Waals surface area contributed by atoms with Crippen molar-refractivity contribution in [2.75, 3.05) is 0 Å². The van der Waals surface area contributed by atoms with Gasteiger partial charge in [0.15, 0.2) is 34.9 Å². The van der Waals surface area contributed by atoms with Gasteiger partial charge < -0.3 is 0 Å². The molecule has 7 nitrogen and oxygen atoms in total. The van der Waals surface area contributed by atoms with Crippen LogP contribution in [0.3, 0.4) is 0 Å². The highest BCUT2D eigenvalue weighted by molar-refractivity contribution is 5.77. The molecule has 2 heterocycles. The van der Waals surface area contributed by atoms with Crippen LogP contribution in [0.2, 0.25) is 0 Å². The van der Waals surface area contributed by atoms with Gasteiger partial charge in [-0.05, 0) is 52.6 Å². The molecule has 262 valence electrons. The van der Waals surface area contributed by atoms with Gasteiger partial charge in [-0.25, -0.2) is 29.9 Å². The number of rotatable bonds is 8. The molecule has 56 heavy (non-hydrogen) atoms. The Balaban J connectivity index is 1.13. The Hall–Kier alpha value is -7.95. The van der Waals surface area contributed by atoms with Gasteiger partial charge in [-0.2, -0.15) is 5.26 Å². The molecule has 7 heteroatoms. The quantitative estimate of drug-likeness (QED) is 0.154. The number of nitrogens with zero attached hydrogens (tertiary/aromatic N) is 7. The van der Waals surface area contributed by atoms with Crippen molar-refractivity contribution in [2.45, 2.75) is 0 Å². The lowest BCUT2D eigenvalue weighted by molar-refractivity contribution is 1.07. The van der Waals surface area contributed by atoms with Gasteiger partial charge in [-0.1, -0.05) is 158 Å². The molecule has 9 rings (SSSR count). The highest BCUT2D eigenvalue weighted by Gasteiger charge is 2.17. The number of hydrogen-bond acceptors (Lipinski definition) is 7. The van der Waals surface area contributed by atoms with Crippen molar-refractivity contribution < 1.29 is 0 Å². The Labute approximate surface area is 324 Å². The predicted molar refractivity (Wildman–Crippen MR) is 221 cm³/mol. The molecule has 0 saturated carbocycles. The molecule has 0 atom stereocenters. The zero-order chi connectivity index (χ0) is 37.7. The molecular formula is C49H31N7. The molecular weight excluding hydrogens is 687 g/mol. The number of nitriles is 1. The average Bonchev–Trinajstić information content (AvgIpc) is 3.29. The zero-order valence-corrected chi connectivity index (χ0v) is 30.0. The van der Waals surface area contributed by atoms with Gasteiger partial charge in [0.2, 0.25) is 0 Å². The molecule has 0 aliphatic carbocycles. The summed E-state index contributed by atoms with van der Waals surface area (Å²) in [5.41, 5.74) is 9.64.